The average Bonchev–Trinajstić information content (AvgIpc) is 3.27. The van der Waals surface area contributed by atoms with Crippen molar-refractivity contribution in [2.45, 2.75) is 70.9 Å². The molecule has 3 N–H and O–H groups in total. The molecule has 1 saturated carbocycles. The topological polar surface area (TPSA) is 119 Å². The van der Waals surface area contributed by atoms with Gasteiger partial charge in [-0.15, -0.1) is 0 Å². The van der Waals surface area contributed by atoms with Crippen LogP contribution in [0.25, 0.3) is 0 Å². The standard InChI is InChI=1S/C19H30N4O4/c1-13-11-15(22-27-13)12-23(2)19(26)16(8-9-17(20)24)21-18(25)10-7-14-5-3-4-6-14/h11,14,16H,3-10,12H2,1-2H3,(H2,20,24)(H,21,25)/t16-/m0/s1. The number of hydrogen-bond donors (Lipinski definition) is 2. The summed E-state index contributed by atoms with van der Waals surface area (Å²) in [6.07, 6.45) is 6.29. The Bertz CT molecular complexity index is 652. The van der Waals surface area contributed by atoms with Crippen molar-refractivity contribution in [2.24, 2.45) is 11.7 Å². The summed E-state index contributed by atoms with van der Waals surface area (Å²) in [5.41, 5.74) is 5.85. The lowest BCUT2D eigenvalue weighted by Crippen LogP contribution is -2.47. The minimum Gasteiger partial charge on any atom is -0.370 e. The number of aryl methyl sites for hydroxylation is 1. The van der Waals surface area contributed by atoms with Crippen LogP contribution in [-0.2, 0) is 20.9 Å². The van der Waals surface area contributed by atoms with E-state index < -0.39 is 11.9 Å². The largest absolute Gasteiger partial charge is 0.370 e. The minimum atomic E-state index is -0.772. The number of hydrogen-bond acceptors (Lipinski definition) is 5. The Morgan fingerprint density at radius 1 is 1.33 bits per heavy atom. The van der Waals surface area contributed by atoms with Crippen molar-refractivity contribution in [1.29, 1.82) is 0 Å². The van der Waals surface area contributed by atoms with E-state index >= 15 is 0 Å². The number of nitrogens with two attached hydrogens (primary N) is 1. The summed E-state index contributed by atoms with van der Waals surface area (Å²) in [5, 5.41) is 6.66. The molecule has 0 aliphatic heterocycles. The highest BCUT2D eigenvalue weighted by Crippen LogP contribution is 2.28. The van der Waals surface area contributed by atoms with Crippen LogP contribution in [0.1, 0.15) is 62.8 Å². The molecule has 1 aliphatic rings. The predicted molar refractivity (Wildman–Crippen MR) is 99.3 cm³/mol. The van der Waals surface area contributed by atoms with Crippen LogP contribution in [0.2, 0.25) is 0 Å². The molecule has 0 spiro atoms. The molecule has 1 aromatic heterocycles. The molecule has 8 heteroatoms. The fraction of sp³-hybridized carbons (Fsp3) is 0.684. The molecule has 0 aromatic carbocycles. The normalized spacial score (nSPS) is 15.5. The summed E-state index contributed by atoms with van der Waals surface area (Å²) in [6, 6.07) is 0.981. The Labute approximate surface area is 159 Å². The number of amides is 3. The van der Waals surface area contributed by atoms with Crippen LogP contribution in [0.3, 0.4) is 0 Å². The highest BCUT2D eigenvalue weighted by molar-refractivity contribution is 5.88. The maximum absolute atomic E-state index is 12.8. The second-order valence-electron chi connectivity index (χ2n) is 7.44. The Morgan fingerprint density at radius 2 is 2.04 bits per heavy atom. The number of carbonyl (C=O) groups excluding carboxylic acids is 3. The van der Waals surface area contributed by atoms with Gasteiger partial charge in [0.15, 0.2) is 0 Å². The Morgan fingerprint density at radius 3 is 2.63 bits per heavy atom. The van der Waals surface area contributed by atoms with E-state index in [0.29, 0.717) is 23.8 Å². The van der Waals surface area contributed by atoms with Gasteiger partial charge >= 0.3 is 0 Å². The Hall–Kier alpha value is -2.38. The summed E-state index contributed by atoms with van der Waals surface area (Å²) < 4.78 is 5.01. The molecule has 0 unspecified atom stereocenters. The Balaban J connectivity index is 1.90. The van der Waals surface area contributed by atoms with Crippen LogP contribution in [0.15, 0.2) is 10.6 Å². The number of likely N-dealkylation sites (N-methyl/N-ethyl adjacent to an activating group) is 1. The highest BCUT2D eigenvalue weighted by atomic mass is 16.5. The third-order valence-corrected chi connectivity index (χ3v) is 5.02. The van der Waals surface area contributed by atoms with Gasteiger partial charge in [-0.1, -0.05) is 30.8 Å². The van der Waals surface area contributed by atoms with Crippen LogP contribution in [0.5, 0.6) is 0 Å². The van der Waals surface area contributed by atoms with E-state index in [1.807, 2.05) is 0 Å². The molecule has 0 radical (unpaired) electrons. The zero-order chi connectivity index (χ0) is 19.8. The van der Waals surface area contributed by atoms with Crippen LogP contribution >= 0.6 is 0 Å². The van der Waals surface area contributed by atoms with Gasteiger partial charge in [-0.05, 0) is 25.7 Å². The monoisotopic (exact) mass is 378 g/mol. The van der Waals surface area contributed by atoms with Crippen LogP contribution in [0, 0.1) is 12.8 Å². The van der Waals surface area contributed by atoms with Crippen LogP contribution in [-0.4, -0.2) is 40.9 Å². The second kappa shape index (κ2) is 10.1. The first-order chi connectivity index (χ1) is 12.8. The number of aromatic nitrogens is 1. The van der Waals surface area contributed by atoms with Crippen molar-refractivity contribution in [3.05, 3.63) is 17.5 Å². The molecular formula is C19H30N4O4. The van der Waals surface area contributed by atoms with Gasteiger partial charge < -0.3 is 20.5 Å². The second-order valence-corrected chi connectivity index (χ2v) is 7.44. The molecule has 0 bridgehead atoms. The van der Waals surface area contributed by atoms with Crippen molar-refractivity contribution in [3.63, 3.8) is 0 Å². The molecule has 0 saturated heterocycles. The molecular weight excluding hydrogens is 348 g/mol. The zero-order valence-electron chi connectivity index (χ0n) is 16.2. The summed E-state index contributed by atoms with van der Waals surface area (Å²) in [5.74, 6) is 0.342. The van der Waals surface area contributed by atoms with Gasteiger partial charge in [0.2, 0.25) is 17.7 Å². The maximum atomic E-state index is 12.8. The number of rotatable bonds is 10. The molecule has 1 aromatic rings. The number of primary amides is 1. The molecule has 1 fully saturated rings. The minimum absolute atomic E-state index is 0.0379. The van der Waals surface area contributed by atoms with Crippen molar-refractivity contribution in [2.75, 3.05) is 7.05 Å². The fourth-order valence-corrected chi connectivity index (χ4v) is 3.52. The van der Waals surface area contributed by atoms with Gasteiger partial charge in [0.05, 0.1) is 6.54 Å². The lowest BCUT2D eigenvalue weighted by Gasteiger charge is -2.24. The lowest BCUT2D eigenvalue weighted by molar-refractivity contribution is -0.136. The average molecular weight is 378 g/mol. The molecule has 8 nitrogen and oxygen atoms in total. The maximum Gasteiger partial charge on any atom is 0.245 e. The number of nitrogens with zero attached hydrogens (tertiary/aromatic N) is 2. The van der Waals surface area contributed by atoms with E-state index in [-0.39, 0.29) is 31.2 Å². The molecule has 150 valence electrons. The van der Waals surface area contributed by atoms with Crippen molar-refractivity contribution in [3.8, 4) is 0 Å². The van der Waals surface area contributed by atoms with Crippen LogP contribution in [0.4, 0.5) is 0 Å². The fourth-order valence-electron chi connectivity index (χ4n) is 3.52. The van der Waals surface area contributed by atoms with Gasteiger partial charge in [0, 0.05) is 26.0 Å². The van der Waals surface area contributed by atoms with Gasteiger partial charge in [-0.3, -0.25) is 14.4 Å². The smallest absolute Gasteiger partial charge is 0.245 e. The quantitative estimate of drug-likeness (QED) is 0.642. The van der Waals surface area contributed by atoms with Gasteiger partial charge in [0.1, 0.15) is 17.5 Å². The van der Waals surface area contributed by atoms with Gasteiger partial charge in [0.25, 0.3) is 0 Å². The summed E-state index contributed by atoms with van der Waals surface area (Å²) in [7, 11) is 1.63. The van der Waals surface area contributed by atoms with E-state index in [2.05, 4.69) is 10.5 Å². The summed E-state index contributed by atoms with van der Waals surface area (Å²) >= 11 is 0. The van der Waals surface area contributed by atoms with E-state index in [1.165, 1.54) is 30.6 Å². The molecule has 1 aliphatic carbocycles. The van der Waals surface area contributed by atoms with Crippen molar-refractivity contribution < 1.29 is 18.9 Å². The van der Waals surface area contributed by atoms with Gasteiger partial charge in [-0.25, -0.2) is 0 Å². The third-order valence-electron chi connectivity index (χ3n) is 5.02. The highest BCUT2D eigenvalue weighted by Gasteiger charge is 2.25. The first-order valence-corrected chi connectivity index (χ1v) is 9.60. The van der Waals surface area contributed by atoms with Crippen molar-refractivity contribution >= 4 is 17.7 Å². The SMILES string of the molecule is Cc1cc(CN(C)C(=O)[C@H](CCC(N)=O)NC(=O)CCC2CCCC2)no1. The molecule has 27 heavy (non-hydrogen) atoms. The lowest BCUT2D eigenvalue weighted by atomic mass is 10.0. The van der Waals surface area contributed by atoms with Gasteiger partial charge in [-0.2, -0.15) is 0 Å². The molecule has 3 amide bonds. The molecule has 1 heterocycles. The van der Waals surface area contributed by atoms with E-state index in [0.717, 1.165) is 6.42 Å². The summed E-state index contributed by atoms with van der Waals surface area (Å²) in [4.78, 5) is 37.7. The Kier molecular flexibility index (Phi) is 7.82. The first kappa shape index (κ1) is 20.9. The molecule has 2 rings (SSSR count). The predicted octanol–water partition coefficient (Wildman–Crippen LogP) is 1.66. The first-order valence-electron chi connectivity index (χ1n) is 9.60. The van der Waals surface area contributed by atoms with E-state index in [9.17, 15) is 14.4 Å². The number of nitrogens with one attached hydrogen (secondary N) is 1. The van der Waals surface area contributed by atoms with E-state index in [4.69, 9.17) is 10.3 Å². The number of carbonyl (C=O) groups is 3. The summed E-state index contributed by atoms with van der Waals surface area (Å²) in [6.45, 7) is 2.04. The van der Waals surface area contributed by atoms with Crippen molar-refractivity contribution in [1.82, 2.24) is 15.4 Å². The third kappa shape index (κ3) is 7.03. The zero-order valence-corrected chi connectivity index (χ0v) is 16.2. The van der Waals surface area contributed by atoms with E-state index in [1.54, 1.807) is 20.0 Å². The van der Waals surface area contributed by atoms with Crippen LogP contribution < -0.4 is 11.1 Å². The molecule has 1 atom stereocenters.